The van der Waals surface area contributed by atoms with Crippen molar-refractivity contribution >= 4 is 0 Å². The molecule has 0 amide bonds. The quantitative estimate of drug-likeness (QED) is 0.601. The number of ether oxygens (including phenoxy) is 1. The predicted octanol–water partition coefficient (Wildman–Crippen LogP) is 2.93. The number of hydrogen-bond acceptors (Lipinski definition) is 1. The fourth-order valence-electron chi connectivity index (χ4n) is 2.09. The molecule has 0 saturated heterocycles. The monoisotopic (exact) mass is 178 g/mol. The molecule has 72 valence electrons. The summed E-state index contributed by atoms with van der Waals surface area (Å²) in [6.07, 6.45) is 9.97. The van der Waals surface area contributed by atoms with Crippen molar-refractivity contribution in [3.8, 4) is 0 Å². The van der Waals surface area contributed by atoms with Crippen molar-refractivity contribution in [2.45, 2.75) is 37.9 Å². The molecule has 2 saturated carbocycles. The van der Waals surface area contributed by atoms with Crippen LogP contribution in [0.4, 0.5) is 0 Å². The SMILES string of the molecule is C=CC1CCC1OC1CCC1C=C. The maximum absolute atomic E-state index is 5.99. The van der Waals surface area contributed by atoms with Gasteiger partial charge >= 0.3 is 0 Å². The highest BCUT2D eigenvalue weighted by atomic mass is 16.5. The van der Waals surface area contributed by atoms with Gasteiger partial charge in [0, 0.05) is 11.8 Å². The number of hydrogen-bond donors (Lipinski definition) is 0. The Bertz CT molecular complexity index is 187. The predicted molar refractivity (Wildman–Crippen MR) is 54.5 cm³/mol. The molecule has 2 aliphatic rings. The second kappa shape index (κ2) is 3.67. The van der Waals surface area contributed by atoms with E-state index in [4.69, 9.17) is 4.74 Å². The third-order valence-corrected chi connectivity index (χ3v) is 3.48. The summed E-state index contributed by atoms with van der Waals surface area (Å²) in [7, 11) is 0. The van der Waals surface area contributed by atoms with E-state index in [-0.39, 0.29) is 0 Å². The molecule has 0 spiro atoms. The van der Waals surface area contributed by atoms with E-state index in [1.807, 2.05) is 12.2 Å². The molecule has 4 atom stereocenters. The first-order chi connectivity index (χ1) is 6.35. The van der Waals surface area contributed by atoms with Gasteiger partial charge in [-0.25, -0.2) is 0 Å². The van der Waals surface area contributed by atoms with Gasteiger partial charge in [-0.2, -0.15) is 0 Å². The third kappa shape index (κ3) is 1.58. The van der Waals surface area contributed by atoms with Crippen LogP contribution in [0.5, 0.6) is 0 Å². The highest BCUT2D eigenvalue weighted by Gasteiger charge is 2.36. The molecular weight excluding hydrogens is 160 g/mol. The van der Waals surface area contributed by atoms with Gasteiger partial charge < -0.3 is 4.74 Å². The molecule has 0 radical (unpaired) electrons. The zero-order valence-electron chi connectivity index (χ0n) is 8.11. The van der Waals surface area contributed by atoms with Gasteiger partial charge in [-0.15, -0.1) is 13.2 Å². The smallest absolute Gasteiger partial charge is 0.0641 e. The molecular formula is C12H18O. The summed E-state index contributed by atoms with van der Waals surface area (Å²) in [5, 5.41) is 0. The van der Waals surface area contributed by atoms with E-state index >= 15 is 0 Å². The second-order valence-corrected chi connectivity index (χ2v) is 4.17. The summed E-state index contributed by atoms with van der Waals surface area (Å²) in [5.41, 5.74) is 0. The van der Waals surface area contributed by atoms with Crippen LogP contribution in [0.15, 0.2) is 25.3 Å². The molecule has 4 unspecified atom stereocenters. The van der Waals surface area contributed by atoms with Crippen molar-refractivity contribution in [2.75, 3.05) is 0 Å². The molecule has 0 bridgehead atoms. The summed E-state index contributed by atoms with van der Waals surface area (Å²) in [6.45, 7) is 7.65. The van der Waals surface area contributed by atoms with Crippen LogP contribution in [0.3, 0.4) is 0 Å². The van der Waals surface area contributed by atoms with Crippen LogP contribution in [0, 0.1) is 11.8 Å². The fourth-order valence-corrected chi connectivity index (χ4v) is 2.09. The first-order valence-electron chi connectivity index (χ1n) is 5.25. The first-order valence-corrected chi connectivity index (χ1v) is 5.25. The molecule has 2 fully saturated rings. The fraction of sp³-hybridized carbons (Fsp3) is 0.667. The molecule has 1 heteroatoms. The molecule has 0 aromatic carbocycles. The topological polar surface area (TPSA) is 9.23 Å². The maximum Gasteiger partial charge on any atom is 0.0641 e. The number of rotatable bonds is 4. The lowest BCUT2D eigenvalue weighted by Crippen LogP contribution is -2.42. The molecule has 0 aromatic rings. The Kier molecular flexibility index (Phi) is 2.54. The lowest BCUT2D eigenvalue weighted by Gasteiger charge is -2.43. The van der Waals surface area contributed by atoms with E-state index in [9.17, 15) is 0 Å². The molecule has 2 rings (SSSR count). The summed E-state index contributed by atoms with van der Waals surface area (Å²) >= 11 is 0. The van der Waals surface area contributed by atoms with Gasteiger partial charge in [0.15, 0.2) is 0 Å². The molecule has 13 heavy (non-hydrogen) atoms. The van der Waals surface area contributed by atoms with Gasteiger partial charge in [0.05, 0.1) is 12.2 Å². The Hall–Kier alpha value is -0.560. The highest BCUT2D eigenvalue weighted by molar-refractivity contribution is 4.98. The van der Waals surface area contributed by atoms with E-state index in [1.165, 1.54) is 25.7 Å². The van der Waals surface area contributed by atoms with Gasteiger partial charge in [-0.1, -0.05) is 12.2 Å². The minimum absolute atomic E-state index is 0.463. The lowest BCUT2D eigenvalue weighted by atomic mass is 9.78. The van der Waals surface area contributed by atoms with Crippen LogP contribution in [-0.4, -0.2) is 12.2 Å². The minimum atomic E-state index is 0.463. The first kappa shape index (κ1) is 9.01. The van der Waals surface area contributed by atoms with Crippen molar-refractivity contribution in [3.63, 3.8) is 0 Å². The highest BCUT2D eigenvalue weighted by Crippen LogP contribution is 2.38. The van der Waals surface area contributed by atoms with Crippen LogP contribution in [-0.2, 0) is 4.74 Å². The van der Waals surface area contributed by atoms with Gasteiger partial charge in [0.1, 0.15) is 0 Å². The van der Waals surface area contributed by atoms with Crippen molar-refractivity contribution in [3.05, 3.63) is 25.3 Å². The van der Waals surface area contributed by atoms with E-state index in [1.54, 1.807) is 0 Å². The Morgan fingerprint density at radius 1 is 0.846 bits per heavy atom. The summed E-state index contributed by atoms with van der Waals surface area (Å²) in [6, 6.07) is 0. The Morgan fingerprint density at radius 3 is 1.54 bits per heavy atom. The Labute approximate surface area is 80.5 Å². The van der Waals surface area contributed by atoms with Gasteiger partial charge in [0.25, 0.3) is 0 Å². The minimum Gasteiger partial charge on any atom is -0.374 e. The van der Waals surface area contributed by atoms with Crippen LogP contribution < -0.4 is 0 Å². The zero-order valence-corrected chi connectivity index (χ0v) is 8.11. The van der Waals surface area contributed by atoms with Crippen LogP contribution in [0.2, 0.25) is 0 Å². The third-order valence-electron chi connectivity index (χ3n) is 3.48. The standard InChI is InChI=1S/C12H18O/c1-3-9-5-7-11(9)13-12-8-6-10(12)4-2/h3-4,9-12H,1-2,5-8H2. The molecule has 0 aliphatic heterocycles. The van der Waals surface area contributed by atoms with E-state index in [2.05, 4.69) is 13.2 Å². The summed E-state index contributed by atoms with van der Waals surface area (Å²) in [4.78, 5) is 0. The second-order valence-electron chi connectivity index (χ2n) is 4.17. The molecule has 0 N–H and O–H groups in total. The van der Waals surface area contributed by atoms with E-state index in [0.717, 1.165) is 0 Å². The van der Waals surface area contributed by atoms with Crippen LogP contribution in [0.25, 0.3) is 0 Å². The largest absolute Gasteiger partial charge is 0.374 e. The van der Waals surface area contributed by atoms with Gasteiger partial charge in [0.2, 0.25) is 0 Å². The van der Waals surface area contributed by atoms with Crippen molar-refractivity contribution < 1.29 is 4.74 Å². The Balaban J connectivity index is 1.78. The van der Waals surface area contributed by atoms with Crippen LogP contribution >= 0.6 is 0 Å². The normalized spacial score (nSPS) is 43.1. The van der Waals surface area contributed by atoms with Crippen molar-refractivity contribution in [1.29, 1.82) is 0 Å². The van der Waals surface area contributed by atoms with Gasteiger partial charge in [-0.05, 0) is 25.7 Å². The van der Waals surface area contributed by atoms with Crippen molar-refractivity contribution in [2.24, 2.45) is 11.8 Å². The molecule has 0 heterocycles. The summed E-state index contributed by atoms with van der Waals surface area (Å²) in [5.74, 6) is 1.23. The van der Waals surface area contributed by atoms with E-state index in [0.29, 0.717) is 24.0 Å². The van der Waals surface area contributed by atoms with Crippen LogP contribution in [0.1, 0.15) is 25.7 Å². The zero-order chi connectivity index (χ0) is 9.26. The maximum atomic E-state index is 5.99. The lowest BCUT2D eigenvalue weighted by molar-refractivity contribution is -0.121. The summed E-state index contributed by atoms with van der Waals surface area (Å²) < 4.78 is 5.99. The Morgan fingerprint density at radius 2 is 1.31 bits per heavy atom. The molecule has 2 aliphatic carbocycles. The average Bonchev–Trinajstić information content (AvgIpc) is 2.02. The molecule has 1 nitrogen and oxygen atoms in total. The van der Waals surface area contributed by atoms with E-state index < -0.39 is 0 Å². The van der Waals surface area contributed by atoms with Crippen molar-refractivity contribution in [1.82, 2.24) is 0 Å². The molecule has 0 aromatic heterocycles. The average molecular weight is 178 g/mol. The van der Waals surface area contributed by atoms with Gasteiger partial charge in [-0.3, -0.25) is 0 Å².